The van der Waals surface area contributed by atoms with E-state index in [4.69, 9.17) is 16.6 Å². The van der Waals surface area contributed by atoms with Crippen molar-refractivity contribution >= 4 is 33.7 Å². The normalized spacial score (nSPS) is 27.3. The van der Waals surface area contributed by atoms with Gasteiger partial charge in [0.25, 0.3) is 0 Å². The molecule has 0 radical (unpaired) electrons. The molecule has 2 aromatic heterocycles. The van der Waals surface area contributed by atoms with E-state index in [-0.39, 0.29) is 0 Å². The van der Waals surface area contributed by atoms with Crippen molar-refractivity contribution in [2.24, 2.45) is 11.8 Å². The highest BCUT2D eigenvalue weighted by molar-refractivity contribution is 7.15. The first kappa shape index (κ1) is 11.1. The largest absolute Gasteiger partial charge is 0.354 e. The summed E-state index contributed by atoms with van der Waals surface area (Å²) in [4.78, 5) is 8.31. The summed E-state index contributed by atoms with van der Waals surface area (Å²) in [7, 11) is 0. The molecule has 3 nitrogen and oxygen atoms in total. The number of fused-ring (bicyclic) bond motifs is 2. The quantitative estimate of drug-likeness (QED) is 0.787. The lowest BCUT2D eigenvalue weighted by atomic mass is 10.0. The van der Waals surface area contributed by atoms with E-state index in [0.29, 0.717) is 5.88 Å². The summed E-state index contributed by atoms with van der Waals surface area (Å²) >= 11 is 7.81. The molecule has 0 amide bonds. The molecule has 0 spiro atoms. The number of aromatic nitrogens is 2. The first-order chi connectivity index (χ1) is 8.86. The molecule has 1 aliphatic carbocycles. The van der Waals surface area contributed by atoms with Crippen LogP contribution in [0.5, 0.6) is 0 Å². The van der Waals surface area contributed by atoms with Crippen molar-refractivity contribution in [3.05, 3.63) is 17.3 Å². The number of rotatable bonds is 2. The second-order valence-electron chi connectivity index (χ2n) is 5.43. The van der Waals surface area contributed by atoms with Crippen molar-refractivity contribution in [1.82, 2.24) is 9.38 Å². The zero-order valence-electron chi connectivity index (χ0n) is 10.2. The molecule has 1 saturated carbocycles. The van der Waals surface area contributed by atoms with Crippen LogP contribution >= 0.6 is 22.9 Å². The summed E-state index contributed by atoms with van der Waals surface area (Å²) in [6.07, 6.45) is 6.30. The number of halogens is 1. The van der Waals surface area contributed by atoms with Gasteiger partial charge in [-0.05, 0) is 24.7 Å². The predicted molar refractivity (Wildman–Crippen MR) is 75.7 cm³/mol. The molecule has 2 fully saturated rings. The Bertz CT molecular complexity index is 564. The molecule has 1 saturated heterocycles. The average Bonchev–Trinajstić information content (AvgIpc) is 3.06. The minimum atomic E-state index is 0.541. The molecule has 1 aliphatic heterocycles. The average molecular weight is 282 g/mol. The molecule has 5 heteroatoms. The fourth-order valence-corrected chi connectivity index (χ4v) is 4.58. The van der Waals surface area contributed by atoms with E-state index in [1.165, 1.54) is 32.4 Å². The van der Waals surface area contributed by atoms with Crippen molar-refractivity contribution in [3.63, 3.8) is 0 Å². The highest BCUT2D eigenvalue weighted by atomic mass is 35.5. The lowest BCUT2D eigenvalue weighted by Crippen LogP contribution is -2.22. The SMILES string of the molecule is ClCc1c(N2CC3CCCC3C2)nc2sccn12. The van der Waals surface area contributed by atoms with E-state index >= 15 is 0 Å². The molecule has 0 N–H and O–H groups in total. The first-order valence-corrected chi connectivity index (χ1v) is 8.03. The Balaban J connectivity index is 1.72. The fourth-order valence-electron chi connectivity index (χ4n) is 3.61. The van der Waals surface area contributed by atoms with Crippen LogP contribution in [0.2, 0.25) is 0 Å². The standard InChI is InChI=1S/C13H16ClN3S/c14-6-11-12(15-13-17(11)4-5-18-13)16-7-9-2-1-3-10(9)8-16/h4-5,9-10H,1-3,6-8H2. The number of anilines is 1. The van der Waals surface area contributed by atoms with Gasteiger partial charge in [-0.25, -0.2) is 4.98 Å². The molecular formula is C13H16ClN3S. The highest BCUT2D eigenvalue weighted by Crippen LogP contribution is 2.40. The third kappa shape index (κ3) is 1.51. The van der Waals surface area contributed by atoms with Gasteiger partial charge in [-0.2, -0.15) is 0 Å². The summed E-state index contributed by atoms with van der Waals surface area (Å²) < 4.78 is 2.14. The molecule has 18 heavy (non-hydrogen) atoms. The minimum absolute atomic E-state index is 0.541. The maximum absolute atomic E-state index is 6.13. The molecule has 96 valence electrons. The second kappa shape index (κ2) is 4.14. The van der Waals surface area contributed by atoms with Gasteiger partial charge in [0, 0.05) is 24.7 Å². The molecule has 2 aromatic rings. The molecule has 0 aromatic carbocycles. The fraction of sp³-hybridized carbons (Fsp3) is 0.615. The Morgan fingerprint density at radius 1 is 1.33 bits per heavy atom. The maximum Gasteiger partial charge on any atom is 0.195 e. The van der Waals surface area contributed by atoms with E-state index < -0.39 is 0 Å². The first-order valence-electron chi connectivity index (χ1n) is 6.62. The molecule has 3 heterocycles. The van der Waals surface area contributed by atoms with Crippen LogP contribution < -0.4 is 4.90 Å². The van der Waals surface area contributed by atoms with Crippen molar-refractivity contribution in [3.8, 4) is 0 Å². The smallest absolute Gasteiger partial charge is 0.195 e. The van der Waals surface area contributed by atoms with Crippen molar-refractivity contribution in [2.75, 3.05) is 18.0 Å². The topological polar surface area (TPSA) is 20.5 Å². The molecule has 2 aliphatic rings. The Labute approximate surface area is 115 Å². The van der Waals surface area contributed by atoms with Crippen LogP contribution in [-0.4, -0.2) is 22.5 Å². The van der Waals surface area contributed by atoms with Crippen molar-refractivity contribution in [2.45, 2.75) is 25.1 Å². The number of imidazole rings is 1. The summed E-state index contributed by atoms with van der Waals surface area (Å²) in [6, 6.07) is 0. The monoisotopic (exact) mass is 281 g/mol. The van der Waals surface area contributed by atoms with Gasteiger partial charge >= 0.3 is 0 Å². The lowest BCUT2D eigenvalue weighted by molar-refractivity contribution is 0.494. The Hall–Kier alpha value is -0.740. The van der Waals surface area contributed by atoms with Crippen LogP contribution in [0.15, 0.2) is 11.6 Å². The minimum Gasteiger partial charge on any atom is -0.354 e. The summed E-state index contributed by atoms with van der Waals surface area (Å²) in [5, 5.41) is 2.07. The van der Waals surface area contributed by atoms with Gasteiger partial charge in [0.1, 0.15) is 0 Å². The van der Waals surface area contributed by atoms with Gasteiger partial charge in [-0.1, -0.05) is 6.42 Å². The van der Waals surface area contributed by atoms with Crippen LogP contribution in [0.4, 0.5) is 5.82 Å². The molecule has 2 unspecified atom stereocenters. The van der Waals surface area contributed by atoms with Crippen LogP contribution in [0.1, 0.15) is 25.0 Å². The van der Waals surface area contributed by atoms with Crippen molar-refractivity contribution in [1.29, 1.82) is 0 Å². The maximum atomic E-state index is 6.13. The van der Waals surface area contributed by atoms with Crippen molar-refractivity contribution < 1.29 is 0 Å². The van der Waals surface area contributed by atoms with Gasteiger partial charge in [0.2, 0.25) is 0 Å². The Morgan fingerprint density at radius 2 is 2.11 bits per heavy atom. The van der Waals surface area contributed by atoms with Gasteiger partial charge in [-0.15, -0.1) is 22.9 Å². The number of alkyl halides is 1. The van der Waals surface area contributed by atoms with Crippen LogP contribution in [0.3, 0.4) is 0 Å². The Morgan fingerprint density at radius 3 is 2.83 bits per heavy atom. The predicted octanol–water partition coefficient (Wildman–Crippen LogP) is 3.37. The third-order valence-electron chi connectivity index (χ3n) is 4.49. The van der Waals surface area contributed by atoms with E-state index in [0.717, 1.165) is 28.3 Å². The van der Waals surface area contributed by atoms with Gasteiger partial charge < -0.3 is 4.90 Å². The van der Waals surface area contributed by atoms with E-state index in [9.17, 15) is 0 Å². The number of thiazole rings is 1. The van der Waals surface area contributed by atoms with Gasteiger partial charge in [-0.3, -0.25) is 4.40 Å². The van der Waals surface area contributed by atoms with Crippen LogP contribution in [0, 0.1) is 11.8 Å². The Kier molecular flexibility index (Phi) is 2.55. The lowest BCUT2D eigenvalue weighted by Gasteiger charge is -2.17. The summed E-state index contributed by atoms with van der Waals surface area (Å²) in [5.74, 6) is 3.46. The van der Waals surface area contributed by atoms with E-state index in [2.05, 4.69) is 20.9 Å². The summed E-state index contributed by atoms with van der Waals surface area (Å²) in [5.41, 5.74) is 1.16. The van der Waals surface area contributed by atoms with Gasteiger partial charge in [0.05, 0.1) is 11.6 Å². The van der Waals surface area contributed by atoms with E-state index in [1.807, 2.05) is 0 Å². The van der Waals surface area contributed by atoms with Gasteiger partial charge in [0.15, 0.2) is 10.8 Å². The zero-order valence-corrected chi connectivity index (χ0v) is 11.8. The highest BCUT2D eigenvalue weighted by Gasteiger charge is 2.37. The second-order valence-corrected chi connectivity index (χ2v) is 6.57. The third-order valence-corrected chi connectivity index (χ3v) is 5.50. The zero-order chi connectivity index (χ0) is 12.1. The van der Waals surface area contributed by atoms with E-state index in [1.54, 1.807) is 11.3 Å². The number of hydrogen-bond acceptors (Lipinski definition) is 3. The summed E-state index contributed by atoms with van der Waals surface area (Å²) in [6.45, 7) is 2.36. The number of nitrogens with zero attached hydrogens (tertiary/aromatic N) is 3. The van der Waals surface area contributed by atoms with Crippen LogP contribution in [-0.2, 0) is 5.88 Å². The van der Waals surface area contributed by atoms with Crippen LogP contribution in [0.25, 0.3) is 4.96 Å². The molecular weight excluding hydrogens is 266 g/mol. The molecule has 4 rings (SSSR count). The molecule has 0 bridgehead atoms. The number of hydrogen-bond donors (Lipinski definition) is 0. The molecule has 2 atom stereocenters.